The topological polar surface area (TPSA) is 84.0 Å². The smallest absolute Gasteiger partial charge is 0.252 e. The first-order valence-electron chi connectivity index (χ1n) is 8.64. The highest BCUT2D eigenvalue weighted by molar-refractivity contribution is 7.10. The summed E-state index contributed by atoms with van der Waals surface area (Å²) in [5.41, 5.74) is 2.66. The van der Waals surface area contributed by atoms with E-state index in [1.54, 1.807) is 35.2 Å². The van der Waals surface area contributed by atoms with Crippen LogP contribution < -0.4 is 10.6 Å². The van der Waals surface area contributed by atoms with Crippen molar-refractivity contribution in [3.05, 3.63) is 57.3 Å². The number of hydrogen-bond acceptors (Lipinski definition) is 6. The van der Waals surface area contributed by atoms with Gasteiger partial charge in [-0.2, -0.15) is 11.3 Å². The molecule has 0 aliphatic heterocycles. The van der Waals surface area contributed by atoms with Crippen molar-refractivity contribution >= 4 is 34.5 Å². The number of pyridine rings is 1. The van der Waals surface area contributed by atoms with Gasteiger partial charge in [-0.15, -0.1) is 11.3 Å². The van der Waals surface area contributed by atoms with Gasteiger partial charge in [0.2, 0.25) is 5.91 Å². The molecule has 0 atom stereocenters. The number of nitrogens with zero attached hydrogens (tertiary/aromatic N) is 2. The zero-order valence-corrected chi connectivity index (χ0v) is 16.3. The molecule has 0 saturated carbocycles. The molecule has 0 aliphatic carbocycles. The van der Waals surface area contributed by atoms with Crippen LogP contribution in [0.3, 0.4) is 0 Å². The van der Waals surface area contributed by atoms with Gasteiger partial charge in [-0.1, -0.05) is 0 Å². The van der Waals surface area contributed by atoms with Crippen LogP contribution in [-0.4, -0.2) is 34.9 Å². The Morgan fingerprint density at radius 3 is 2.67 bits per heavy atom. The van der Waals surface area contributed by atoms with E-state index >= 15 is 0 Å². The van der Waals surface area contributed by atoms with E-state index in [1.165, 1.54) is 11.3 Å². The van der Waals surface area contributed by atoms with Gasteiger partial charge >= 0.3 is 0 Å². The van der Waals surface area contributed by atoms with Crippen molar-refractivity contribution in [2.24, 2.45) is 0 Å². The lowest BCUT2D eigenvalue weighted by atomic mass is 10.2. The second kappa shape index (κ2) is 9.94. The lowest BCUT2D eigenvalue weighted by molar-refractivity contribution is -0.120. The SMILES string of the molecule is O=C(CCNC(=O)c1ccsc1)NCCCc1nc(-c2ccncc2)cs1. The molecule has 0 bridgehead atoms. The normalized spacial score (nSPS) is 10.5. The van der Waals surface area contributed by atoms with Gasteiger partial charge in [0.1, 0.15) is 0 Å². The van der Waals surface area contributed by atoms with Crippen LogP contribution in [0.4, 0.5) is 0 Å². The fraction of sp³-hybridized carbons (Fsp3) is 0.263. The van der Waals surface area contributed by atoms with Crippen molar-refractivity contribution in [2.45, 2.75) is 19.3 Å². The van der Waals surface area contributed by atoms with E-state index in [-0.39, 0.29) is 18.2 Å². The summed E-state index contributed by atoms with van der Waals surface area (Å²) in [7, 11) is 0. The monoisotopic (exact) mass is 400 g/mol. The molecule has 0 fully saturated rings. The molecule has 0 radical (unpaired) electrons. The van der Waals surface area contributed by atoms with Gasteiger partial charge < -0.3 is 10.6 Å². The molecular weight excluding hydrogens is 380 g/mol. The number of aromatic nitrogens is 2. The number of hydrogen-bond donors (Lipinski definition) is 2. The van der Waals surface area contributed by atoms with E-state index < -0.39 is 0 Å². The van der Waals surface area contributed by atoms with Crippen LogP contribution in [0.25, 0.3) is 11.3 Å². The molecule has 0 spiro atoms. The minimum Gasteiger partial charge on any atom is -0.356 e. The maximum atomic E-state index is 11.8. The Kier molecular flexibility index (Phi) is 7.06. The number of carbonyl (C=O) groups excluding carboxylic acids is 2. The molecule has 0 unspecified atom stereocenters. The van der Waals surface area contributed by atoms with E-state index in [9.17, 15) is 9.59 Å². The molecule has 3 aromatic heterocycles. The van der Waals surface area contributed by atoms with E-state index in [0.717, 1.165) is 29.1 Å². The Morgan fingerprint density at radius 2 is 1.89 bits per heavy atom. The number of carbonyl (C=O) groups is 2. The van der Waals surface area contributed by atoms with Gasteiger partial charge in [-0.3, -0.25) is 14.6 Å². The molecule has 0 aliphatic rings. The van der Waals surface area contributed by atoms with Gasteiger partial charge in [-0.25, -0.2) is 4.98 Å². The number of amides is 2. The summed E-state index contributed by atoms with van der Waals surface area (Å²) in [6.07, 6.45) is 5.44. The molecule has 0 aromatic carbocycles. The van der Waals surface area contributed by atoms with Gasteiger partial charge in [0.05, 0.1) is 10.7 Å². The van der Waals surface area contributed by atoms with Gasteiger partial charge in [0, 0.05) is 60.2 Å². The van der Waals surface area contributed by atoms with Crippen molar-refractivity contribution in [1.82, 2.24) is 20.6 Å². The first-order valence-corrected chi connectivity index (χ1v) is 10.5. The van der Waals surface area contributed by atoms with Crippen molar-refractivity contribution in [1.29, 1.82) is 0 Å². The molecule has 8 heteroatoms. The third-order valence-corrected chi connectivity index (χ3v) is 5.43. The first-order chi connectivity index (χ1) is 13.2. The Labute approximate surface area is 165 Å². The van der Waals surface area contributed by atoms with E-state index in [0.29, 0.717) is 18.7 Å². The fourth-order valence-electron chi connectivity index (χ4n) is 2.42. The molecule has 3 rings (SSSR count). The number of nitrogens with one attached hydrogen (secondary N) is 2. The van der Waals surface area contributed by atoms with Crippen molar-refractivity contribution in [3.8, 4) is 11.3 Å². The van der Waals surface area contributed by atoms with Crippen molar-refractivity contribution in [2.75, 3.05) is 13.1 Å². The maximum Gasteiger partial charge on any atom is 0.252 e. The summed E-state index contributed by atoms with van der Waals surface area (Å²) in [5.74, 6) is -0.199. The first kappa shape index (κ1) is 19.2. The minimum atomic E-state index is -0.141. The second-order valence-electron chi connectivity index (χ2n) is 5.83. The lowest BCUT2D eigenvalue weighted by Gasteiger charge is -2.05. The number of thiophene rings is 1. The highest BCUT2D eigenvalue weighted by atomic mass is 32.1. The number of thiazole rings is 1. The van der Waals surface area contributed by atoms with Crippen LogP contribution in [0.2, 0.25) is 0 Å². The molecule has 27 heavy (non-hydrogen) atoms. The zero-order chi connectivity index (χ0) is 18.9. The largest absolute Gasteiger partial charge is 0.356 e. The standard InChI is InChI=1S/C19H20N4O2S2/c24-17(5-10-22-19(25)15-6-11-26-12-15)21-7-1-2-18-23-16(13-27-18)14-3-8-20-9-4-14/h3-4,6,8-9,11-13H,1-2,5,7,10H2,(H,21,24)(H,22,25). The van der Waals surface area contributed by atoms with Gasteiger partial charge in [0.15, 0.2) is 0 Å². The molecule has 2 N–H and O–H groups in total. The summed E-state index contributed by atoms with van der Waals surface area (Å²) in [6.45, 7) is 0.934. The Bertz CT molecular complexity index is 863. The summed E-state index contributed by atoms with van der Waals surface area (Å²) < 4.78 is 0. The van der Waals surface area contributed by atoms with Crippen molar-refractivity contribution < 1.29 is 9.59 Å². The predicted molar refractivity (Wildman–Crippen MR) is 108 cm³/mol. The third kappa shape index (κ3) is 5.97. The summed E-state index contributed by atoms with van der Waals surface area (Å²) in [4.78, 5) is 32.2. The van der Waals surface area contributed by atoms with Crippen LogP contribution in [0, 0.1) is 0 Å². The van der Waals surface area contributed by atoms with Crippen LogP contribution in [0.15, 0.2) is 46.7 Å². The fourth-order valence-corrected chi connectivity index (χ4v) is 3.91. The number of aryl methyl sites for hydroxylation is 1. The second-order valence-corrected chi connectivity index (χ2v) is 7.56. The molecule has 3 heterocycles. The lowest BCUT2D eigenvalue weighted by Crippen LogP contribution is -2.31. The van der Waals surface area contributed by atoms with Crippen LogP contribution >= 0.6 is 22.7 Å². The molecule has 2 amide bonds. The molecular formula is C19H20N4O2S2. The minimum absolute atomic E-state index is 0.0581. The maximum absolute atomic E-state index is 11.8. The zero-order valence-electron chi connectivity index (χ0n) is 14.7. The average molecular weight is 401 g/mol. The quantitative estimate of drug-likeness (QED) is 0.541. The summed E-state index contributed by atoms with van der Waals surface area (Å²) in [6, 6.07) is 5.64. The molecule has 6 nitrogen and oxygen atoms in total. The van der Waals surface area contributed by atoms with E-state index in [2.05, 4.69) is 20.6 Å². The number of rotatable bonds is 9. The molecule has 3 aromatic rings. The average Bonchev–Trinajstić information content (AvgIpc) is 3.38. The highest BCUT2D eigenvalue weighted by Crippen LogP contribution is 2.21. The van der Waals surface area contributed by atoms with Crippen molar-refractivity contribution in [3.63, 3.8) is 0 Å². The molecule has 0 saturated heterocycles. The third-order valence-electron chi connectivity index (χ3n) is 3.84. The summed E-state index contributed by atoms with van der Waals surface area (Å²) >= 11 is 3.10. The Balaban J connectivity index is 1.30. The predicted octanol–water partition coefficient (Wildman–Crippen LogP) is 3.14. The van der Waals surface area contributed by atoms with Crippen LogP contribution in [0.1, 0.15) is 28.2 Å². The van der Waals surface area contributed by atoms with Crippen LogP contribution in [0.5, 0.6) is 0 Å². The van der Waals surface area contributed by atoms with Gasteiger partial charge in [-0.05, 0) is 30.0 Å². The Hall–Kier alpha value is -2.58. The van der Waals surface area contributed by atoms with E-state index in [1.807, 2.05) is 22.9 Å². The Morgan fingerprint density at radius 1 is 1.04 bits per heavy atom. The van der Waals surface area contributed by atoms with Crippen LogP contribution in [-0.2, 0) is 11.2 Å². The summed E-state index contributed by atoms with van der Waals surface area (Å²) in [5, 5.41) is 12.4. The highest BCUT2D eigenvalue weighted by Gasteiger charge is 2.07. The van der Waals surface area contributed by atoms with E-state index in [4.69, 9.17) is 0 Å². The molecule has 140 valence electrons. The van der Waals surface area contributed by atoms with Gasteiger partial charge in [0.25, 0.3) is 5.91 Å².